The van der Waals surface area contributed by atoms with Gasteiger partial charge in [0.2, 0.25) is 5.91 Å². The van der Waals surface area contributed by atoms with Gasteiger partial charge < -0.3 is 15.0 Å². The number of nitrogens with zero attached hydrogens (tertiary/aromatic N) is 1. The van der Waals surface area contributed by atoms with E-state index in [1.165, 1.54) is 44.3 Å². The molecule has 1 heterocycles. The molecule has 1 N–H and O–H groups in total. The third-order valence-electron chi connectivity index (χ3n) is 4.97. The molecule has 1 aliphatic heterocycles. The Morgan fingerprint density at radius 1 is 0.926 bits per heavy atom. The molecule has 0 spiro atoms. The Kier molecular flexibility index (Phi) is 7.87. The highest BCUT2D eigenvalue weighted by Crippen LogP contribution is 2.12. The summed E-state index contributed by atoms with van der Waals surface area (Å²) in [6.07, 6.45) is 6.49. The van der Waals surface area contributed by atoms with Crippen LogP contribution in [0.1, 0.15) is 36.8 Å². The first-order valence-electron chi connectivity index (χ1n) is 10.0. The highest BCUT2D eigenvalue weighted by Gasteiger charge is 2.09. The van der Waals surface area contributed by atoms with Crippen molar-refractivity contribution in [3.63, 3.8) is 0 Å². The number of likely N-dealkylation sites (tertiary alicyclic amines) is 1. The quantitative estimate of drug-likeness (QED) is 0.759. The van der Waals surface area contributed by atoms with Crippen molar-refractivity contribution in [2.75, 3.05) is 31.6 Å². The molecule has 1 fully saturated rings. The van der Waals surface area contributed by atoms with Gasteiger partial charge in [-0.3, -0.25) is 4.79 Å². The molecule has 144 valence electrons. The first kappa shape index (κ1) is 19.6. The van der Waals surface area contributed by atoms with E-state index in [1.54, 1.807) is 0 Å². The lowest BCUT2D eigenvalue weighted by atomic mass is 10.1. The smallest absolute Gasteiger partial charge is 0.250 e. The SMILES string of the molecule is O=C(COCc1cccc(CCN2CCCCCC2)c1)Nc1ccccc1. The second-order valence-corrected chi connectivity index (χ2v) is 7.23. The van der Waals surface area contributed by atoms with Gasteiger partial charge in [-0.05, 0) is 55.6 Å². The van der Waals surface area contributed by atoms with Crippen LogP contribution in [-0.2, 0) is 22.6 Å². The maximum atomic E-state index is 11.9. The molecule has 1 aliphatic rings. The summed E-state index contributed by atoms with van der Waals surface area (Å²) in [5.41, 5.74) is 3.26. The second kappa shape index (κ2) is 10.9. The van der Waals surface area contributed by atoms with Crippen LogP contribution in [0.15, 0.2) is 54.6 Å². The third kappa shape index (κ3) is 7.16. The molecule has 27 heavy (non-hydrogen) atoms. The number of hydrogen-bond acceptors (Lipinski definition) is 3. The minimum Gasteiger partial charge on any atom is -0.367 e. The predicted molar refractivity (Wildman–Crippen MR) is 110 cm³/mol. The van der Waals surface area contributed by atoms with E-state index in [1.807, 2.05) is 30.3 Å². The van der Waals surface area contributed by atoms with Crippen molar-refractivity contribution in [2.45, 2.75) is 38.7 Å². The van der Waals surface area contributed by atoms with E-state index in [2.05, 4.69) is 34.5 Å². The topological polar surface area (TPSA) is 41.6 Å². The van der Waals surface area contributed by atoms with E-state index in [0.717, 1.165) is 24.2 Å². The number of rotatable bonds is 8. The van der Waals surface area contributed by atoms with Crippen molar-refractivity contribution in [1.82, 2.24) is 4.90 Å². The van der Waals surface area contributed by atoms with Crippen LogP contribution in [0.25, 0.3) is 0 Å². The van der Waals surface area contributed by atoms with Crippen molar-refractivity contribution in [2.24, 2.45) is 0 Å². The van der Waals surface area contributed by atoms with E-state index in [0.29, 0.717) is 6.61 Å². The van der Waals surface area contributed by atoms with Crippen molar-refractivity contribution >= 4 is 11.6 Å². The highest BCUT2D eigenvalue weighted by atomic mass is 16.5. The summed E-state index contributed by atoms with van der Waals surface area (Å²) in [5.74, 6) is -0.126. The van der Waals surface area contributed by atoms with Crippen LogP contribution in [0.3, 0.4) is 0 Å². The first-order chi connectivity index (χ1) is 13.3. The average Bonchev–Trinajstić information content (AvgIpc) is 2.96. The molecule has 1 saturated heterocycles. The number of para-hydroxylation sites is 1. The summed E-state index contributed by atoms with van der Waals surface area (Å²) in [7, 11) is 0. The number of carbonyl (C=O) groups excluding carboxylic acids is 1. The van der Waals surface area contributed by atoms with Crippen LogP contribution in [0.5, 0.6) is 0 Å². The van der Waals surface area contributed by atoms with Gasteiger partial charge in [0.1, 0.15) is 6.61 Å². The fourth-order valence-electron chi connectivity index (χ4n) is 3.50. The van der Waals surface area contributed by atoms with Crippen LogP contribution >= 0.6 is 0 Å². The number of amides is 1. The first-order valence-corrected chi connectivity index (χ1v) is 10.0. The minimum atomic E-state index is -0.126. The molecule has 0 saturated carbocycles. The van der Waals surface area contributed by atoms with Crippen molar-refractivity contribution in [3.8, 4) is 0 Å². The van der Waals surface area contributed by atoms with Gasteiger partial charge in [0, 0.05) is 12.2 Å². The molecular weight excluding hydrogens is 336 g/mol. The largest absolute Gasteiger partial charge is 0.367 e. The summed E-state index contributed by atoms with van der Waals surface area (Å²) < 4.78 is 5.60. The van der Waals surface area contributed by atoms with Crippen molar-refractivity contribution in [1.29, 1.82) is 0 Å². The van der Waals surface area contributed by atoms with Crippen molar-refractivity contribution in [3.05, 3.63) is 65.7 Å². The van der Waals surface area contributed by atoms with Crippen LogP contribution in [0.4, 0.5) is 5.69 Å². The Labute approximate surface area is 162 Å². The standard InChI is InChI=1S/C23H30N2O2/c26-23(24-22-11-4-3-5-12-22)19-27-18-21-10-8-9-20(17-21)13-16-25-14-6-1-2-7-15-25/h3-5,8-12,17H,1-2,6-7,13-16,18-19H2,(H,24,26). The molecule has 3 rings (SSSR count). The zero-order chi connectivity index (χ0) is 18.7. The number of hydrogen-bond donors (Lipinski definition) is 1. The minimum absolute atomic E-state index is 0.0624. The van der Waals surface area contributed by atoms with Crippen LogP contribution < -0.4 is 5.32 Å². The number of ether oxygens (including phenoxy) is 1. The molecule has 0 aromatic heterocycles. The Morgan fingerprint density at radius 2 is 1.67 bits per heavy atom. The van der Waals surface area contributed by atoms with E-state index in [4.69, 9.17) is 4.74 Å². The Morgan fingerprint density at radius 3 is 2.44 bits per heavy atom. The third-order valence-corrected chi connectivity index (χ3v) is 4.97. The summed E-state index contributed by atoms with van der Waals surface area (Å²) in [6, 6.07) is 18.0. The number of benzene rings is 2. The van der Waals surface area contributed by atoms with E-state index < -0.39 is 0 Å². The van der Waals surface area contributed by atoms with Crippen LogP contribution in [-0.4, -0.2) is 37.0 Å². The fraction of sp³-hybridized carbons (Fsp3) is 0.435. The van der Waals surface area contributed by atoms with Crippen molar-refractivity contribution < 1.29 is 9.53 Å². The molecular formula is C23H30N2O2. The molecule has 2 aromatic rings. The zero-order valence-electron chi connectivity index (χ0n) is 16.0. The molecule has 2 aromatic carbocycles. The lowest BCUT2D eigenvalue weighted by molar-refractivity contribution is -0.121. The summed E-state index contributed by atoms with van der Waals surface area (Å²) in [6.45, 7) is 4.12. The molecule has 0 atom stereocenters. The molecule has 0 aliphatic carbocycles. The van der Waals surface area contributed by atoms with Crippen LogP contribution in [0.2, 0.25) is 0 Å². The lowest BCUT2D eigenvalue weighted by Gasteiger charge is -2.19. The number of nitrogens with one attached hydrogen (secondary N) is 1. The van der Waals surface area contributed by atoms with Gasteiger partial charge >= 0.3 is 0 Å². The second-order valence-electron chi connectivity index (χ2n) is 7.23. The van der Waals surface area contributed by atoms with Gasteiger partial charge in [-0.1, -0.05) is 55.3 Å². The van der Waals surface area contributed by atoms with E-state index in [9.17, 15) is 4.79 Å². The lowest BCUT2D eigenvalue weighted by Crippen LogP contribution is -2.26. The molecule has 4 heteroatoms. The molecule has 0 radical (unpaired) electrons. The maximum Gasteiger partial charge on any atom is 0.250 e. The maximum absolute atomic E-state index is 11.9. The Bertz CT molecular complexity index is 695. The molecule has 1 amide bonds. The van der Waals surface area contributed by atoms with E-state index in [-0.39, 0.29) is 12.5 Å². The zero-order valence-corrected chi connectivity index (χ0v) is 16.0. The van der Waals surface area contributed by atoms with Gasteiger partial charge in [-0.25, -0.2) is 0 Å². The number of carbonyl (C=O) groups is 1. The van der Waals surface area contributed by atoms with Crippen LogP contribution in [0, 0.1) is 0 Å². The molecule has 0 bridgehead atoms. The number of anilines is 1. The van der Waals surface area contributed by atoms with Gasteiger partial charge in [0.15, 0.2) is 0 Å². The molecule has 4 nitrogen and oxygen atoms in total. The predicted octanol–water partition coefficient (Wildman–Crippen LogP) is 4.26. The fourth-order valence-corrected chi connectivity index (χ4v) is 3.50. The van der Waals surface area contributed by atoms with Gasteiger partial charge in [-0.2, -0.15) is 0 Å². The van der Waals surface area contributed by atoms with Gasteiger partial charge in [-0.15, -0.1) is 0 Å². The Hall–Kier alpha value is -2.17. The molecule has 0 unspecified atom stereocenters. The Balaban J connectivity index is 1.40. The summed E-state index contributed by atoms with van der Waals surface area (Å²) >= 11 is 0. The van der Waals surface area contributed by atoms with E-state index >= 15 is 0 Å². The highest BCUT2D eigenvalue weighted by molar-refractivity contribution is 5.91. The monoisotopic (exact) mass is 366 g/mol. The summed E-state index contributed by atoms with van der Waals surface area (Å²) in [5, 5.41) is 2.83. The average molecular weight is 367 g/mol. The normalized spacial score (nSPS) is 15.3. The summed E-state index contributed by atoms with van der Waals surface area (Å²) in [4.78, 5) is 14.5. The van der Waals surface area contributed by atoms with Gasteiger partial charge in [0.05, 0.1) is 6.61 Å². The van der Waals surface area contributed by atoms with Gasteiger partial charge in [0.25, 0.3) is 0 Å².